The van der Waals surface area contributed by atoms with E-state index in [-0.39, 0.29) is 17.6 Å². The molecule has 7 heteroatoms. The van der Waals surface area contributed by atoms with Crippen LogP contribution < -0.4 is 5.32 Å². The van der Waals surface area contributed by atoms with Crippen molar-refractivity contribution in [2.24, 2.45) is 0 Å². The number of rotatable bonds is 5. The fraction of sp³-hybridized carbons (Fsp3) is 0.450. The largest absolute Gasteiger partial charge is 0.459 e. The molecule has 2 aromatic rings. The highest BCUT2D eigenvalue weighted by molar-refractivity contribution is 5.93. The smallest absolute Gasteiger partial charge is 0.289 e. The second-order valence-electron chi connectivity index (χ2n) is 7.10. The van der Waals surface area contributed by atoms with Crippen LogP contribution in [0.3, 0.4) is 0 Å². The summed E-state index contributed by atoms with van der Waals surface area (Å²) >= 11 is 0. The molecule has 2 amide bonds. The normalized spacial score (nSPS) is 19.7. The van der Waals surface area contributed by atoms with Crippen LogP contribution in [0.15, 0.2) is 41.1 Å². The zero-order chi connectivity index (χ0) is 18.6. The van der Waals surface area contributed by atoms with E-state index in [1.807, 2.05) is 12.1 Å². The number of fused-ring (bicyclic) bond motifs is 1. The Morgan fingerprint density at radius 3 is 2.85 bits per heavy atom. The number of likely N-dealkylation sites (tertiary alicyclic amines) is 1. The molecule has 1 fully saturated rings. The molecule has 4 rings (SSSR count). The third-order valence-corrected chi connectivity index (χ3v) is 5.28. The van der Waals surface area contributed by atoms with Gasteiger partial charge in [0.05, 0.1) is 17.9 Å². The second-order valence-corrected chi connectivity index (χ2v) is 7.10. The molecule has 0 aromatic carbocycles. The Hall–Kier alpha value is -2.67. The van der Waals surface area contributed by atoms with Crippen LogP contribution in [-0.4, -0.2) is 59.3 Å². The molecular weight excluding hydrogens is 344 g/mol. The molecular formula is C20H24N4O3. The van der Waals surface area contributed by atoms with E-state index in [1.165, 1.54) is 19.1 Å². The molecule has 0 bridgehead atoms. The van der Waals surface area contributed by atoms with E-state index in [4.69, 9.17) is 4.42 Å². The minimum atomic E-state index is -0.465. The summed E-state index contributed by atoms with van der Waals surface area (Å²) < 4.78 is 5.24. The Morgan fingerprint density at radius 2 is 2.07 bits per heavy atom. The van der Waals surface area contributed by atoms with Crippen LogP contribution in [0.2, 0.25) is 0 Å². The first-order valence-electron chi connectivity index (χ1n) is 9.49. The van der Waals surface area contributed by atoms with Crippen molar-refractivity contribution in [3.8, 4) is 0 Å². The van der Waals surface area contributed by atoms with E-state index >= 15 is 0 Å². The fourth-order valence-electron chi connectivity index (χ4n) is 3.86. The van der Waals surface area contributed by atoms with Gasteiger partial charge >= 0.3 is 0 Å². The highest BCUT2D eigenvalue weighted by Crippen LogP contribution is 2.27. The first kappa shape index (κ1) is 17.7. The minimum absolute atomic E-state index is 0.0777. The lowest BCUT2D eigenvalue weighted by Gasteiger charge is -2.32. The van der Waals surface area contributed by atoms with E-state index in [0.29, 0.717) is 19.6 Å². The predicted molar refractivity (Wildman–Crippen MR) is 99.1 cm³/mol. The maximum Gasteiger partial charge on any atom is 0.289 e. The zero-order valence-electron chi connectivity index (χ0n) is 15.3. The van der Waals surface area contributed by atoms with Crippen LogP contribution in [0.4, 0.5) is 0 Å². The minimum Gasteiger partial charge on any atom is -0.459 e. The molecule has 1 N–H and O–H groups in total. The van der Waals surface area contributed by atoms with Crippen molar-refractivity contribution in [3.05, 3.63) is 53.7 Å². The summed E-state index contributed by atoms with van der Waals surface area (Å²) in [5.41, 5.74) is 1.67. The van der Waals surface area contributed by atoms with Gasteiger partial charge in [0.25, 0.3) is 5.91 Å². The van der Waals surface area contributed by atoms with Crippen molar-refractivity contribution in [2.45, 2.75) is 25.3 Å². The number of nitrogens with zero attached hydrogens (tertiary/aromatic N) is 3. The Balaban J connectivity index is 1.46. The summed E-state index contributed by atoms with van der Waals surface area (Å²) in [4.78, 5) is 34.0. The lowest BCUT2D eigenvalue weighted by Crippen LogP contribution is -2.45. The van der Waals surface area contributed by atoms with Gasteiger partial charge in [0.15, 0.2) is 5.76 Å². The molecule has 4 heterocycles. The lowest BCUT2D eigenvalue weighted by atomic mass is 9.93. The number of hydrogen-bond acceptors (Lipinski definition) is 5. The van der Waals surface area contributed by atoms with Gasteiger partial charge in [-0.2, -0.15) is 0 Å². The fourth-order valence-corrected chi connectivity index (χ4v) is 3.86. The molecule has 27 heavy (non-hydrogen) atoms. The Bertz CT molecular complexity index is 799. The molecule has 2 aliphatic rings. The van der Waals surface area contributed by atoms with Gasteiger partial charge < -0.3 is 19.5 Å². The molecule has 0 saturated carbocycles. The highest BCUT2D eigenvalue weighted by atomic mass is 16.3. The lowest BCUT2D eigenvalue weighted by molar-refractivity contribution is -0.123. The molecule has 1 unspecified atom stereocenters. The predicted octanol–water partition coefficient (Wildman–Crippen LogP) is 1.63. The number of carbonyl (C=O) groups excluding carboxylic acids is 2. The van der Waals surface area contributed by atoms with Crippen molar-refractivity contribution in [3.63, 3.8) is 0 Å². The second kappa shape index (κ2) is 7.92. The molecule has 1 atom stereocenters. The average Bonchev–Trinajstić information content (AvgIpc) is 3.40. The molecule has 0 radical (unpaired) electrons. The summed E-state index contributed by atoms with van der Waals surface area (Å²) in [5.74, 6) is -0.460. The van der Waals surface area contributed by atoms with Crippen LogP contribution in [0, 0.1) is 0 Å². The summed E-state index contributed by atoms with van der Waals surface area (Å²) in [6.45, 7) is 4.43. The molecule has 142 valence electrons. The van der Waals surface area contributed by atoms with Crippen molar-refractivity contribution in [1.29, 1.82) is 0 Å². The molecule has 0 spiro atoms. The van der Waals surface area contributed by atoms with Crippen LogP contribution in [0.1, 0.15) is 40.6 Å². The SMILES string of the molecule is O=C(NCCN1CCCC1)C1CN(C(=O)c2ccco2)Cc2cccnc21. The van der Waals surface area contributed by atoms with E-state index in [0.717, 1.165) is 30.9 Å². The van der Waals surface area contributed by atoms with Gasteiger partial charge in [-0.3, -0.25) is 14.6 Å². The average molecular weight is 368 g/mol. The number of furan rings is 1. The number of pyridine rings is 1. The van der Waals surface area contributed by atoms with Crippen LogP contribution in [-0.2, 0) is 11.3 Å². The maximum absolute atomic E-state index is 12.9. The number of carbonyl (C=O) groups is 2. The number of amides is 2. The van der Waals surface area contributed by atoms with Crippen molar-refractivity contribution < 1.29 is 14.0 Å². The third-order valence-electron chi connectivity index (χ3n) is 5.28. The van der Waals surface area contributed by atoms with Gasteiger partial charge in [-0.1, -0.05) is 6.07 Å². The Labute approximate surface area is 158 Å². The number of nitrogens with one attached hydrogen (secondary N) is 1. The van der Waals surface area contributed by atoms with Crippen molar-refractivity contribution in [2.75, 3.05) is 32.7 Å². The van der Waals surface area contributed by atoms with Gasteiger partial charge in [0, 0.05) is 32.4 Å². The molecule has 1 saturated heterocycles. The van der Waals surface area contributed by atoms with Gasteiger partial charge in [0.2, 0.25) is 5.91 Å². The number of aromatic nitrogens is 1. The monoisotopic (exact) mass is 368 g/mol. The quantitative estimate of drug-likeness (QED) is 0.868. The summed E-state index contributed by atoms with van der Waals surface area (Å²) in [5, 5.41) is 3.03. The van der Waals surface area contributed by atoms with Gasteiger partial charge in [-0.05, 0) is 49.7 Å². The highest BCUT2D eigenvalue weighted by Gasteiger charge is 2.34. The first-order valence-corrected chi connectivity index (χ1v) is 9.49. The van der Waals surface area contributed by atoms with Gasteiger partial charge in [0.1, 0.15) is 0 Å². The van der Waals surface area contributed by atoms with Crippen LogP contribution in [0.25, 0.3) is 0 Å². The van der Waals surface area contributed by atoms with Crippen LogP contribution >= 0.6 is 0 Å². The van der Waals surface area contributed by atoms with Crippen molar-refractivity contribution in [1.82, 2.24) is 20.1 Å². The maximum atomic E-state index is 12.9. The molecule has 0 aliphatic carbocycles. The Kier molecular flexibility index (Phi) is 5.20. The standard InChI is InChI=1S/C20H24N4O3/c25-19(22-8-11-23-9-1-2-10-23)16-14-24(20(26)17-6-4-12-27-17)13-15-5-3-7-21-18(15)16/h3-7,12,16H,1-2,8-11,13-14H2,(H,22,25). The summed E-state index contributed by atoms with van der Waals surface area (Å²) in [6, 6.07) is 7.10. The molecule has 7 nitrogen and oxygen atoms in total. The first-order chi connectivity index (χ1) is 13.2. The molecule has 2 aromatic heterocycles. The topological polar surface area (TPSA) is 78.7 Å². The van der Waals surface area contributed by atoms with E-state index < -0.39 is 5.92 Å². The van der Waals surface area contributed by atoms with Gasteiger partial charge in [-0.25, -0.2) is 0 Å². The number of hydrogen-bond donors (Lipinski definition) is 1. The Morgan fingerprint density at radius 1 is 1.22 bits per heavy atom. The van der Waals surface area contributed by atoms with E-state index in [2.05, 4.69) is 15.2 Å². The molecule has 2 aliphatic heterocycles. The van der Waals surface area contributed by atoms with E-state index in [9.17, 15) is 9.59 Å². The summed E-state index contributed by atoms with van der Waals surface area (Å²) in [7, 11) is 0. The van der Waals surface area contributed by atoms with Crippen molar-refractivity contribution >= 4 is 11.8 Å². The zero-order valence-corrected chi connectivity index (χ0v) is 15.3. The van der Waals surface area contributed by atoms with E-state index in [1.54, 1.807) is 23.2 Å². The van der Waals surface area contributed by atoms with Crippen LogP contribution in [0.5, 0.6) is 0 Å². The third kappa shape index (κ3) is 3.88. The van der Waals surface area contributed by atoms with Gasteiger partial charge in [-0.15, -0.1) is 0 Å². The summed E-state index contributed by atoms with van der Waals surface area (Å²) in [6.07, 6.45) is 5.65.